The van der Waals surface area contributed by atoms with Gasteiger partial charge < -0.3 is 19.5 Å². The number of hydrogen-bond acceptors (Lipinski definition) is 5. The van der Waals surface area contributed by atoms with Crippen molar-refractivity contribution in [1.82, 2.24) is 9.80 Å². The summed E-state index contributed by atoms with van der Waals surface area (Å²) in [6.45, 7) is 5.14. The van der Waals surface area contributed by atoms with Crippen molar-refractivity contribution in [3.05, 3.63) is 22.7 Å². The molecule has 128 valence electrons. The first-order chi connectivity index (χ1) is 11.0. The Morgan fingerprint density at radius 1 is 1.26 bits per heavy atom. The largest absolute Gasteiger partial charge is 0.493 e. The average molecular weight is 343 g/mol. The molecule has 0 radical (unpaired) electrons. The maximum atomic E-state index is 12.7. The zero-order valence-electron chi connectivity index (χ0n) is 13.7. The van der Waals surface area contributed by atoms with E-state index >= 15 is 0 Å². The molecule has 2 rings (SSSR count). The Balaban J connectivity index is 2.08. The van der Waals surface area contributed by atoms with E-state index < -0.39 is 0 Å². The second kappa shape index (κ2) is 7.86. The van der Waals surface area contributed by atoms with Gasteiger partial charge in [0.25, 0.3) is 5.91 Å². The highest BCUT2D eigenvalue weighted by Gasteiger charge is 2.24. The van der Waals surface area contributed by atoms with Gasteiger partial charge in [-0.1, -0.05) is 11.6 Å². The van der Waals surface area contributed by atoms with Gasteiger partial charge in [-0.15, -0.1) is 0 Å². The average Bonchev–Trinajstić information content (AvgIpc) is 2.53. The Labute approximate surface area is 141 Å². The van der Waals surface area contributed by atoms with Crippen LogP contribution >= 0.6 is 11.6 Å². The number of ether oxygens (including phenoxy) is 2. The summed E-state index contributed by atoms with van der Waals surface area (Å²) >= 11 is 6.17. The summed E-state index contributed by atoms with van der Waals surface area (Å²) in [5, 5.41) is 9.78. The monoisotopic (exact) mass is 342 g/mol. The first-order valence-electron chi connectivity index (χ1n) is 7.57. The number of amides is 1. The Hall–Kier alpha value is -1.50. The molecule has 1 saturated heterocycles. The van der Waals surface area contributed by atoms with E-state index in [4.69, 9.17) is 21.1 Å². The number of hydrogen-bond donors (Lipinski definition) is 1. The maximum Gasteiger partial charge on any atom is 0.254 e. The van der Waals surface area contributed by atoms with Crippen LogP contribution < -0.4 is 9.47 Å². The third-order valence-electron chi connectivity index (χ3n) is 3.86. The molecule has 1 N–H and O–H groups in total. The molecule has 6 nitrogen and oxygen atoms in total. The number of benzene rings is 1. The molecule has 1 heterocycles. The highest BCUT2D eigenvalue weighted by molar-refractivity contribution is 6.32. The van der Waals surface area contributed by atoms with Gasteiger partial charge in [-0.3, -0.25) is 9.69 Å². The van der Waals surface area contributed by atoms with Gasteiger partial charge in [0, 0.05) is 38.3 Å². The number of aliphatic hydroxyl groups is 1. The Morgan fingerprint density at radius 3 is 2.43 bits per heavy atom. The number of methoxy groups -OCH3 is 2. The Bertz CT molecular complexity index is 557. The molecule has 0 saturated carbocycles. The number of carbonyl (C=O) groups is 1. The molecule has 1 atom stereocenters. The molecule has 1 fully saturated rings. The minimum Gasteiger partial charge on any atom is -0.493 e. The number of halogens is 1. The van der Waals surface area contributed by atoms with Gasteiger partial charge in [0.05, 0.1) is 25.3 Å². The molecule has 1 amide bonds. The first-order valence-corrected chi connectivity index (χ1v) is 7.95. The van der Waals surface area contributed by atoms with Crippen LogP contribution in [0, 0.1) is 0 Å². The van der Waals surface area contributed by atoms with E-state index in [1.54, 1.807) is 24.0 Å². The van der Waals surface area contributed by atoms with E-state index in [1.807, 2.05) is 0 Å². The Kier molecular flexibility index (Phi) is 6.10. The molecular formula is C16H23ClN2O4. The van der Waals surface area contributed by atoms with Crippen molar-refractivity contribution in [2.45, 2.75) is 13.0 Å². The second-order valence-corrected chi connectivity index (χ2v) is 6.04. The van der Waals surface area contributed by atoms with Gasteiger partial charge >= 0.3 is 0 Å². The lowest BCUT2D eigenvalue weighted by Crippen LogP contribution is -2.50. The molecule has 1 aromatic rings. The quantitative estimate of drug-likeness (QED) is 0.878. The molecule has 1 aliphatic rings. The topological polar surface area (TPSA) is 62.2 Å². The molecule has 0 spiro atoms. The highest BCUT2D eigenvalue weighted by atomic mass is 35.5. The smallest absolute Gasteiger partial charge is 0.254 e. The fraction of sp³-hybridized carbons (Fsp3) is 0.562. The van der Waals surface area contributed by atoms with E-state index in [-0.39, 0.29) is 12.0 Å². The van der Waals surface area contributed by atoms with E-state index in [1.165, 1.54) is 14.2 Å². The fourth-order valence-corrected chi connectivity index (χ4v) is 3.02. The van der Waals surface area contributed by atoms with Crippen LogP contribution in [0.15, 0.2) is 12.1 Å². The predicted molar refractivity (Wildman–Crippen MR) is 88.6 cm³/mol. The lowest BCUT2D eigenvalue weighted by molar-refractivity contribution is 0.0554. The molecule has 0 aromatic heterocycles. The summed E-state index contributed by atoms with van der Waals surface area (Å²) in [5.41, 5.74) is 0.483. The van der Waals surface area contributed by atoms with Crippen molar-refractivity contribution >= 4 is 17.5 Å². The minimum atomic E-state index is -0.359. The van der Waals surface area contributed by atoms with E-state index in [2.05, 4.69) is 4.90 Å². The van der Waals surface area contributed by atoms with E-state index in [0.29, 0.717) is 41.7 Å². The minimum absolute atomic E-state index is 0.0791. The molecular weight excluding hydrogens is 320 g/mol. The molecule has 1 aromatic carbocycles. The molecule has 0 unspecified atom stereocenters. The van der Waals surface area contributed by atoms with Gasteiger partial charge in [-0.2, -0.15) is 0 Å². The van der Waals surface area contributed by atoms with Crippen molar-refractivity contribution in [1.29, 1.82) is 0 Å². The van der Waals surface area contributed by atoms with Crippen molar-refractivity contribution in [2.24, 2.45) is 0 Å². The normalized spacial score (nSPS) is 17.0. The van der Waals surface area contributed by atoms with Crippen molar-refractivity contribution in [2.75, 3.05) is 46.9 Å². The van der Waals surface area contributed by atoms with Crippen molar-refractivity contribution in [3.8, 4) is 11.5 Å². The van der Waals surface area contributed by atoms with Crippen LogP contribution in [0.5, 0.6) is 11.5 Å². The third-order valence-corrected chi connectivity index (χ3v) is 4.14. The molecule has 23 heavy (non-hydrogen) atoms. The SMILES string of the molecule is COc1cc(C(=O)N2CCN(C[C@H](C)O)CC2)cc(Cl)c1OC. The summed E-state index contributed by atoms with van der Waals surface area (Å²) in [5.74, 6) is 0.785. The van der Waals surface area contributed by atoms with E-state index in [0.717, 1.165) is 13.1 Å². The molecule has 1 aliphatic heterocycles. The van der Waals surface area contributed by atoms with Crippen molar-refractivity contribution < 1.29 is 19.4 Å². The number of carbonyl (C=O) groups excluding carboxylic acids is 1. The second-order valence-electron chi connectivity index (χ2n) is 5.64. The van der Waals surface area contributed by atoms with Crippen LogP contribution in [0.1, 0.15) is 17.3 Å². The lowest BCUT2D eigenvalue weighted by Gasteiger charge is -2.35. The zero-order valence-corrected chi connectivity index (χ0v) is 14.5. The fourth-order valence-electron chi connectivity index (χ4n) is 2.73. The summed E-state index contributed by atoms with van der Waals surface area (Å²) in [4.78, 5) is 16.6. The van der Waals surface area contributed by atoms with Crippen molar-refractivity contribution in [3.63, 3.8) is 0 Å². The first kappa shape index (κ1) is 17.8. The van der Waals surface area contributed by atoms with Gasteiger partial charge in [-0.25, -0.2) is 0 Å². The lowest BCUT2D eigenvalue weighted by atomic mass is 10.1. The van der Waals surface area contributed by atoms with Crippen LogP contribution in [-0.4, -0.2) is 73.9 Å². The number of piperazine rings is 1. The van der Waals surface area contributed by atoms with Crippen LogP contribution in [0.3, 0.4) is 0 Å². The standard InChI is InChI=1S/C16H23ClN2O4/c1-11(20)10-18-4-6-19(7-5-18)16(21)12-8-13(17)15(23-3)14(9-12)22-2/h8-9,11,20H,4-7,10H2,1-3H3/t11-/m0/s1. The molecule has 7 heteroatoms. The van der Waals surface area contributed by atoms with Crippen LogP contribution in [0.4, 0.5) is 0 Å². The van der Waals surface area contributed by atoms with Crippen LogP contribution in [-0.2, 0) is 0 Å². The van der Waals surface area contributed by atoms with E-state index in [9.17, 15) is 9.90 Å². The number of rotatable bonds is 5. The summed E-state index contributed by atoms with van der Waals surface area (Å²) in [7, 11) is 3.02. The summed E-state index contributed by atoms with van der Waals surface area (Å²) in [6, 6.07) is 3.25. The van der Waals surface area contributed by atoms with Gasteiger partial charge in [0.1, 0.15) is 0 Å². The predicted octanol–water partition coefficient (Wildman–Crippen LogP) is 1.50. The van der Waals surface area contributed by atoms with Crippen LogP contribution in [0.25, 0.3) is 0 Å². The highest BCUT2D eigenvalue weighted by Crippen LogP contribution is 2.36. The number of β-amino-alcohol motifs (C(OH)–C–C–N with tert-alkyl or cyclic N) is 1. The molecule has 0 aliphatic carbocycles. The zero-order chi connectivity index (χ0) is 17.0. The summed E-state index contributed by atoms with van der Waals surface area (Å²) < 4.78 is 10.4. The number of nitrogens with zero attached hydrogens (tertiary/aromatic N) is 2. The van der Waals surface area contributed by atoms with Gasteiger partial charge in [-0.05, 0) is 19.1 Å². The molecule has 0 bridgehead atoms. The third kappa shape index (κ3) is 4.28. The van der Waals surface area contributed by atoms with Gasteiger partial charge in [0.15, 0.2) is 11.5 Å². The Morgan fingerprint density at radius 2 is 1.91 bits per heavy atom. The summed E-state index contributed by atoms with van der Waals surface area (Å²) in [6.07, 6.45) is -0.359. The van der Waals surface area contributed by atoms with Crippen LogP contribution in [0.2, 0.25) is 5.02 Å². The van der Waals surface area contributed by atoms with Gasteiger partial charge in [0.2, 0.25) is 0 Å². The number of aliphatic hydroxyl groups excluding tert-OH is 1. The maximum absolute atomic E-state index is 12.7.